The molecule has 1 aromatic carbocycles. The van der Waals surface area contributed by atoms with Gasteiger partial charge in [-0.05, 0) is 69.5 Å². The molecule has 0 unspecified atom stereocenters. The number of aromatic nitrogens is 2. The number of nitrogens with zero attached hydrogens (tertiary/aromatic N) is 3. The molecule has 0 spiro atoms. The summed E-state index contributed by atoms with van der Waals surface area (Å²) in [7, 11) is 2.15. The Bertz CT molecular complexity index is 641. The summed E-state index contributed by atoms with van der Waals surface area (Å²) in [6, 6.07) is 9.06. The molecule has 0 atom stereocenters. The van der Waals surface area contributed by atoms with Gasteiger partial charge in [0.25, 0.3) is 0 Å². The Balaban J connectivity index is 1.63. The number of hydrogen-bond donors (Lipinski definition) is 1. The van der Waals surface area contributed by atoms with Crippen molar-refractivity contribution in [2.45, 2.75) is 46.2 Å². The van der Waals surface area contributed by atoms with E-state index >= 15 is 0 Å². The first-order valence-corrected chi connectivity index (χ1v) is 8.66. The first-order chi connectivity index (χ1) is 11.1. The van der Waals surface area contributed by atoms with Crippen molar-refractivity contribution in [3.8, 4) is 0 Å². The number of benzene rings is 1. The van der Waals surface area contributed by atoms with Crippen LogP contribution in [0.3, 0.4) is 0 Å². The van der Waals surface area contributed by atoms with Crippen molar-refractivity contribution in [3.05, 3.63) is 46.8 Å². The fraction of sp³-hybridized carbons (Fsp3) is 0.526. The molecule has 0 saturated carbocycles. The predicted molar refractivity (Wildman–Crippen MR) is 95.7 cm³/mol. The van der Waals surface area contributed by atoms with Gasteiger partial charge in [0, 0.05) is 37.6 Å². The smallest absolute Gasteiger partial charge is 0.0765 e. The van der Waals surface area contributed by atoms with E-state index in [0.717, 1.165) is 24.5 Å². The fourth-order valence-corrected chi connectivity index (χ4v) is 3.38. The van der Waals surface area contributed by atoms with E-state index in [9.17, 15) is 0 Å². The summed E-state index contributed by atoms with van der Waals surface area (Å²) in [6.07, 6.45) is 4.03. The minimum Gasteiger partial charge on any atom is -0.372 e. The highest BCUT2D eigenvalue weighted by Crippen LogP contribution is 2.23. The summed E-state index contributed by atoms with van der Waals surface area (Å²) in [6.45, 7) is 8.51. The van der Waals surface area contributed by atoms with Crippen molar-refractivity contribution >= 4 is 5.69 Å². The van der Waals surface area contributed by atoms with Crippen LogP contribution in [0.5, 0.6) is 0 Å². The van der Waals surface area contributed by atoms with Crippen LogP contribution in [0.1, 0.15) is 41.8 Å². The second-order valence-corrected chi connectivity index (χ2v) is 6.87. The van der Waals surface area contributed by atoms with Crippen molar-refractivity contribution in [2.24, 2.45) is 0 Å². The molecule has 0 radical (unpaired) electrons. The SMILES string of the molecule is Cc1cc(CN(C)Cc2ccc(N3CCCCC3)cc2C)n[nH]1. The van der Waals surface area contributed by atoms with Crippen LogP contribution in [0, 0.1) is 13.8 Å². The summed E-state index contributed by atoms with van der Waals surface area (Å²) < 4.78 is 0. The lowest BCUT2D eigenvalue weighted by molar-refractivity contribution is 0.314. The molecule has 3 rings (SSSR count). The molecule has 1 aromatic heterocycles. The number of aryl methyl sites for hydroxylation is 2. The van der Waals surface area contributed by atoms with E-state index in [2.05, 4.69) is 58.2 Å². The molecule has 1 saturated heterocycles. The number of nitrogens with one attached hydrogen (secondary N) is 1. The van der Waals surface area contributed by atoms with Crippen LogP contribution in [0.2, 0.25) is 0 Å². The summed E-state index contributed by atoms with van der Waals surface area (Å²) in [4.78, 5) is 4.84. The maximum Gasteiger partial charge on any atom is 0.0765 e. The molecule has 0 bridgehead atoms. The summed E-state index contributed by atoms with van der Waals surface area (Å²) >= 11 is 0. The van der Waals surface area contributed by atoms with Crippen LogP contribution in [0.15, 0.2) is 24.3 Å². The van der Waals surface area contributed by atoms with Gasteiger partial charge in [-0.25, -0.2) is 0 Å². The Morgan fingerprint density at radius 3 is 2.52 bits per heavy atom. The third kappa shape index (κ3) is 4.14. The molecule has 4 heteroatoms. The van der Waals surface area contributed by atoms with Crippen molar-refractivity contribution < 1.29 is 0 Å². The Hall–Kier alpha value is -1.81. The van der Waals surface area contributed by atoms with Crippen molar-refractivity contribution in [2.75, 3.05) is 25.0 Å². The van der Waals surface area contributed by atoms with Gasteiger partial charge < -0.3 is 4.90 Å². The standard InChI is InChI=1S/C19H28N4/c1-15-11-19(23-9-5-4-6-10-23)8-7-17(15)13-22(3)14-18-12-16(2)20-21-18/h7-8,11-12H,4-6,9-10,13-14H2,1-3H3,(H,20,21). The molecule has 1 N–H and O–H groups in total. The van der Waals surface area contributed by atoms with E-state index in [1.165, 1.54) is 49.2 Å². The molecule has 2 aromatic rings. The van der Waals surface area contributed by atoms with Crippen molar-refractivity contribution in [1.29, 1.82) is 0 Å². The zero-order valence-electron chi connectivity index (χ0n) is 14.6. The number of anilines is 1. The highest BCUT2D eigenvalue weighted by atomic mass is 15.2. The monoisotopic (exact) mass is 312 g/mol. The largest absolute Gasteiger partial charge is 0.372 e. The van der Waals surface area contributed by atoms with Crippen LogP contribution in [-0.4, -0.2) is 35.2 Å². The molecule has 1 aliphatic rings. The minimum atomic E-state index is 0.873. The summed E-state index contributed by atoms with van der Waals surface area (Å²) in [5.74, 6) is 0. The quantitative estimate of drug-likeness (QED) is 0.915. The van der Waals surface area contributed by atoms with E-state index in [0.29, 0.717) is 0 Å². The summed E-state index contributed by atoms with van der Waals surface area (Å²) in [5, 5.41) is 7.33. The first-order valence-electron chi connectivity index (χ1n) is 8.66. The minimum absolute atomic E-state index is 0.873. The van der Waals surface area contributed by atoms with Gasteiger partial charge in [-0.2, -0.15) is 5.10 Å². The number of rotatable bonds is 5. The van der Waals surface area contributed by atoms with E-state index in [1.54, 1.807) is 0 Å². The van der Waals surface area contributed by atoms with Gasteiger partial charge in [0.1, 0.15) is 0 Å². The number of hydrogen-bond acceptors (Lipinski definition) is 3. The van der Waals surface area contributed by atoms with Crippen LogP contribution >= 0.6 is 0 Å². The second kappa shape index (κ2) is 7.18. The molecule has 23 heavy (non-hydrogen) atoms. The lowest BCUT2D eigenvalue weighted by Crippen LogP contribution is -2.29. The number of H-pyrrole nitrogens is 1. The molecule has 0 amide bonds. The molecule has 1 aliphatic heterocycles. The zero-order valence-corrected chi connectivity index (χ0v) is 14.6. The summed E-state index contributed by atoms with van der Waals surface area (Å²) in [5.41, 5.74) is 6.40. The Morgan fingerprint density at radius 1 is 1.09 bits per heavy atom. The van der Waals surface area contributed by atoms with Gasteiger partial charge in [-0.15, -0.1) is 0 Å². The van der Waals surface area contributed by atoms with E-state index < -0.39 is 0 Å². The highest BCUT2D eigenvalue weighted by Gasteiger charge is 2.12. The Kier molecular flexibility index (Phi) is 5.01. The average molecular weight is 312 g/mol. The zero-order chi connectivity index (χ0) is 16.2. The van der Waals surface area contributed by atoms with Crippen LogP contribution in [0.25, 0.3) is 0 Å². The Labute approximate surface area is 139 Å². The third-order valence-corrected chi connectivity index (χ3v) is 4.68. The maximum atomic E-state index is 4.32. The Morgan fingerprint density at radius 2 is 1.87 bits per heavy atom. The van der Waals surface area contributed by atoms with Crippen molar-refractivity contribution in [1.82, 2.24) is 15.1 Å². The normalized spacial score (nSPS) is 15.4. The van der Waals surface area contributed by atoms with Gasteiger partial charge in [0.2, 0.25) is 0 Å². The van der Waals surface area contributed by atoms with Crippen molar-refractivity contribution in [3.63, 3.8) is 0 Å². The maximum absolute atomic E-state index is 4.32. The third-order valence-electron chi connectivity index (χ3n) is 4.68. The fourth-order valence-electron chi connectivity index (χ4n) is 3.38. The van der Waals surface area contributed by atoms with Gasteiger partial charge in [0.15, 0.2) is 0 Å². The average Bonchev–Trinajstić information content (AvgIpc) is 2.95. The second-order valence-electron chi connectivity index (χ2n) is 6.87. The number of piperidine rings is 1. The predicted octanol–water partition coefficient (Wildman–Crippen LogP) is 3.65. The van der Waals surface area contributed by atoms with Crippen LogP contribution in [-0.2, 0) is 13.1 Å². The molecule has 4 nitrogen and oxygen atoms in total. The van der Waals surface area contributed by atoms with Crippen LogP contribution < -0.4 is 4.90 Å². The molecule has 1 fully saturated rings. The van der Waals surface area contributed by atoms with Gasteiger partial charge in [-0.1, -0.05) is 6.07 Å². The number of aromatic amines is 1. The molecule has 124 valence electrons. The van der Waals surface area contributed by atoms with E-state index in [4.69, 9.17) is 0 Å². The highest BCUT2D eigenvalue weighted by molar-refractivity contribution is 5.51. The lowest BCUT2D eigenvalue weighted by Gasteiger charge is -2.29. The molecule has 2 heterocycles. The van der Waals surface area contributed by atoms with Gasteiger partial charge >= 0.3 is 0 Å². The van der Waals surface area contributed by atoms with E-state index in [1.807, 2.05) is 6.92 Å². The topological polar surface area (TPSA) is 35.2 Å². The molecule has 0 aliphatic carbocycles. The van der Waals surface area contributed by atoms with Gasteiger partial charge in [-0.3, -0.25) is 10.00 Å². The molecular weight excluding hydrogens is 284 g/mol. The van der Waals surface area contributed by atoms with E-state index in [-0.39, 0.29) is 0 Å². The first kappa shape index (κ1) is 16.1. The van der Waals surface area contributed by atoms with Crippen LogP contribution in [0.4, 0.5) is 5.69 Å². The molecular formula is C19H28N4. The lowest BCUT2D eigenvalue weighted by atomic mass is 10.0. The van der Waals surface area contributed by atoms with Gasteiger partial charge in [0.05, 0.1) is 5.69 Å².